The van der Waals surface area contributed by atoms with Crippen LogP contribution in [-0.4, -0.2) is 53.6 Å². The number of nitrogens with zero attached hydrogens (tertiary/aromatic N) is 4. The van der Waals surface area contributed by atoms with Crippen molar-refractivity contribution < 1.29 is 29.3 Å². The molecule has 3 rings (SSSR count). The van der Waals surface area contributed by atoms with Crippen molar-refractivity contribution in [2.45, 2.75) is 5.79 Å². The van der Waals surface area contributed by atoms with Crippen LogP contribution in [0.3, 0.4) is 0 Å². The van der Waals surface area contributed by atoms with Crippen LogP contribution in [0.4, 0.5) is 15.3 Å². The molecule has 1 heterocycles. The SMILES string of the molecule is COC1=NC(c2ccccc2)(N(C(=O)O)C(=O)O)N(c2ccccc2)C(OC)=N1. The molecule has 2 aromatic rings. The lowest BCUT2D eigenvalue weighted by Gasteiger charge is -2.46. The molecule has 2 N–H and O–H groups in total. The van der Waals surface area contributed by atoms with Gasteiger partial charge in [-0.1, -0.05) is 48.5 Å². The lowest BCUT2D eigenvalue weighted by Crippen LogP contribution is -2.64. The Hall–Kier alpha value is -4.08. The molecule has 29 heavy (non-hydrogen) atoms. The van der Waals surface area contributed by atoms with Gasteiger partial charge in [-0.2, -0.15) is 9.89 Å². The number of amides is 2. The highest BCUT2D eigenvalue weighted by Gasteiger charge is 2.55. The third kappa shape index (κ3) is 3.31. The standard InChI is InChI=1S/C19H18N4O6/c1-28-15-20-16(29-2)22(14-11-7-4-8-12-14)19(21-15,13-9-5-3-6-10-13)23(17(24)25)18(26)27/h3-12H,1-2H3,(H,24,25)(H,26,27). The molecule has 1 unspecified atom stereocenters. The predicted octanol–water partition coefficient (Wildman–Crippen LogP) is 2.98. The third-order valence-electron chi connectivity index (χ3n) is 4.18. The maximum absolute atomic E-state index is 12.1. The minimum atomic E-state index is -2.13. The number of aliphatic imine (C=N–C) groups is 2. The van der Waals surface area contributed by atoms with Crippen molar-refractivity contribution in [1.29, 1.82) is 0 Å². The van der Waals surface area contributed by atoms with E-state index >= 15 is 0 Å². The molecule has 10 nitrogen and oxygen atoms in total. The number of hydrogen-bond donors (Lipinski definition) is 2. The molecule has 1 atom stereocenters. The van der Waals surface area contributed by atoms with Crippen LogP contribution in [0, 0.1) is 0 Å². The molecule has 0 radical (unpaired) electrons. The van der Waals surface area contributed by atoms with E-state index in [0.29, 0.717) is 5.69 Å². The molecule has 2 amide bonds. The van der Waals surface area contributed by atoms with E-state index in [4.69, 9.17) is 9.47 Å². The summed E-state index contributed by atoms with van der Waals surface area (Å²) < 4.78 is 10.5. The monoisotopic (exact) mass is 398 g/mol. The fraction of sp³-hybridized carbons (Fsp3) is 0.158. The highest BCUT2D eigenvalue weighted by molar-refractivity contribution is 6.04. The van der Waals surface area contributed by atoms with Crippen molar-refractivity contribution in [3.63, 3.8) is 0 Å². The van der Waals surface area contributed by atoms with E-state index in [1.54, 1.807) is 60.7 Å². The van der Waals surface area contributed by atoms with Crippen molar-refractivity contribution in [2.24, 2.45) is 9.98 Å². The van der Waals surface area contributed by atoms with Gasteiger partial charge < -0.3 is 19.7 Å². The van der Waals surface area contributed by atoms with E-state index in [1.807, 2.05) is 0 Å². The molecule has 0 bridgehead atoms. The second-order valence-electron chi connectivity index (χ2n) is 5.77. The van der Waals surface area contributed by atoms with Crippen LogP contribution in [0.25, 0.3) is 0 Å². The van der Waals surface area contributed by atoms with Gasteiger partial charge in [0, 0.05) is 5.56 Å². The number of hydrogen-bond acceptors (Lipinski definition) is 7. The zero-order valence-corrected chi connectivity index (χ0v) is 15.6. The predicted molar refractivity (Wildman–Crippen MR) is 104 cm³/mol. The third-order valence-corrected chi connectivity index (χ3v) is 4.18. The van der Waals surface area contributed by atoms with E-state index in [1.165, 1.54) is 19.1 Å². The molecule has 2 aromatic carbocycles. The van der Waals surface area contributed by atoms with Crippen molar-refractivity contribution in [3.05, 3.63) is 66.2 Å². The Morgan fingerprint density at radius 2 is 1.48 bits per heavy atom. The van der Waals surface area contributed by atoms with Gasteiger partial charge in [0.1, 0.15) is 0 Å². The highest BCUT2D eigenvalue weighted by atomic mass is 16.5. The van der Waals surface area contributed by atoms with Crippen molar-refractivity contribution >= 4 is 29.9 Å². The Morgan fingerprint density at radius 1 is 0.931 bits per heavy atom. The van der Waals surface area contributed by atoms with Crippen LogP contribution in [0.5, 0.6) is 0 Å². The van der Waals surface area contributed by atoms with Crippen LogP contribution < -0.4 is 4.90 Å². The summed E-state index contributed by atoms with van der Waals surface area (Å²) in [5.74, 6) is -2.13. The Morgan fingerprint density at radius 3 is 1.97 bits per heavy atom. The molecule has 150 valence electrons. The Balaban J connectivity index is 2.44. The first-order valence-electron chi connectivity index (χ1n) is 8.39. The van der Waals surface area contributed by atoms with Crippen molar-refractivity contribution in [2.75, 3.05) is 19.1 Å². The Labute approximate surface area is 165 Å². The summed E-state index contributed by atoms with van der Waals surface area (Å²) in [4.78, 5) is 34.1. The summed E-state index contributed by atoms with van der Waals surface area (Å²) in [6.07, 6.45) is -3.47. The van der Waals surface area contributed by atoms with Crippen LogP contribution in [0.15, 0.2) is 70.6 Å². The quantitative estimate of drug-likeness (QED) is 0.814. The lowest BCUT2D eigenvalue weighted by atomic mass is 10.0. The molecular weight excluding hydrogens is 380 g/mol. The molecule has 1 aliphatic rings. The summed E-state index contributed by atoms with van der Waals surface area (Å²) >= 11 is 0. The number of methoxy groups -OCH3 is 2. The van der Waals surface area contributed by atoms with E-state index in [2.05, 4.69) is 9.98 Å². The van der Waals surface area contributed by atoms with Gasteiger partial charge in [-0.15, -0.1) is 4.99 Å². The van der Waals surface area contributed by atoms with Gasteiger partial charge in [0.15, 0.2) is 0 Å². The summed E-state index contributed by atoms with van der Waals surface area (Å²) in [7, 11) is 2.62. The number of carbonyl (C=O) groups is 2. The highest BCUT2D eigenvalue weighted by Crippen LogP contribution is 2.41. The molecule has 0 saturated carbocycles. The van der Waals surface area contributed by atoms with E-state index < -0.39 is 18.0 Å². The molecule has 0 aromatic heterocycles. The van der Waals surface area contributed by atoms with Crippen molar-refractivity contribution in [3.8, 4) is 0 Å². The fourth-order valence-electron chi connectivity index (χ4n) is 3.05. The summed E-state index contributed by atoms with van der Waals surface area (Å²) in [6, 6.07) is 16.3. The maximum atomic E-state index is 12.1. The van der Waals surface area contributed by atoms with Gasteiger partial charge in [-0.3, -0.25) is 0 Å². The van der Waals surface area contributed by atoms with Crippen LogP contribution >= 0.6 is 0 Å². The van der Waals surface area contributed by atoms with E-state index in [-0.39, 0.29) is 22.5 Å². The van der Waals surface area contributed by atoms with Crippen molar-refractivity contribution in [1.82, 2.24) is 4.90 Å². The summed E-state index contributed by atoms with van der Waals surface area (Å²) in [6.45, 7) is 0. The summed E-state index contributed by atoms with van der Waals surface area (Å²) in [5, 5.41) is 19.7. The topological polar surface area (TPSA) is 124 Å². The normalized spacial score (nSPS) is 18.3. The molecule has 0 fully saturated rings. The minimum absolute atomic E-state index is 0.0978. The number of benzene rings is 2. The van der Waals surface area contributed by atoms with Gasteiger partial charge in [0.2, 0.25) is 0 Å². The van der Waals surface area contributed by atoms with Gasteiger partial charge in [0.25, 0.3) is 5.79 Å². The molecule has 0 spiro atoms. The first-order chi connectivity index (χ1) is 14.0. The fourth-order valence-corrected chi connectivity index (χ4v) is 3.05. The largest absolute Gasteiger partial charge is 0.468 e. The number of rotatable bonds is 3. The first-order valence-corrected chi connectivity index (χ1v) is 8.39. The molecular formula is C19H18N4O6. The van der Waals surface area contributed by atoms with Gasteiger partial charge in [-0.25, -0.2) is 14.5 Å². The molecule has 0 aliphatic carbocycles. The van der Waals surface area contributed by atoms with Gasteiger partial charge in [0.05, 0.1) is 19.9 Å². The Bertz CT molecular complexity index is 949. The number of ether oxygens (including phenoxy) is 2. The molecule has 10 heteroatoms. The lowest BCUT2D eigenvalue weighted by molar-refractivity contribution is 0.0700. The van der Waals surface area contributed by atoms with E-state index in [9.17, 15) is 19.8 Å². The summed E-state index contributed by atoms with van der Waals surface area (Å²) in [5.41, 5.74) is 0.649. The van der Waals surface area contributed by atoms with Crippen LogP contribution in [-0.2, 0) is 15.3 Å². The van der Waals surface area contributed by atoms with E-state index in [0.717, 1.165) is 0 Å². The average Bonchev–Trinajstić information content (AvgIpc) is 2.73. The number of carboxylic acid groups (broad SMARTS) is 2. The first kappa shape index (κ1) is 19.7. The zero-order valence-electron chi connectivity index (χ0n) is 15.6. The molecule has 1 aliphatic heterocycles. The maximum Gasteiger partial charge on any atom is 0.420 e. The smallest absolute Gasteiger partial charge is 0.420 e. The van der Waals surface area contributed by atoms with Crippen LogP contribution in [0.1, 0.15) is 5.56 Å². The van der Waals surface area contributed by atoms with Gasteiger partial charge in [-0.05, 0) is 12.1 Å². The minimum Gasteiger partial charge on any atom is -0.468 e. The number of para-hydroxylation sites is 1. The zero-order chi connectivity index (χ0) is 21.0. The average molecular weight is 398 g/mol. The second-order valence-corrected chi connectivity index (χ2v) is 5.77. The number of imide groups is 1. The number of amidine groups is 2. The number of anilines is 1. The van der Waals surface area contributed by atoms with Gasteiger partial charge >= 0.3 is 24.2 Å². The second kappa shape index (κ2) is 7.89. The molecule has 0 saturated heterocycles. The Kier molecular flexibility index (Phi) is 5.35. The van der Waals surface area contributed by atoms with Crippen LogP contribution in [0.2, 0.25) is 0 Å².